The maximum absolute atomic E-state index is 12.8. The van der Waals surface area contributed by atoms with Crippen molar-refractivity contribution in [1.82, 2.24) is 15.0 Å². The molecule has 0 radical (unpaired) electrons. The highest BCUT2D eigenvalue weighted by atomic mass is 16.5. The van der Waals surface area contributed by atoms with Crippen LogP contribution in [0.4, 0.5) is 5.95 Å². The predicted molar refractivity (Wildman–Crippen MR) is 84.0 cm³/mol. The molecule has 1 fully saturated rings. The van der Waals surface area contributed by atoms with Crippen molar-refractivity contribution >= 4 is 11.9 Å². The predicted octanol–water partition coefficient (Wildman–Crippen LogP) is 1.61. The van der Waals surface area contributed by atoms with E-state index < -0.39 is 0 Å². The van der Waals surface area contributed by atoms with E-state index in [1.165, 1.54) is 0 Å². The summed E-state index contributed by atoms with van der Waals surface area (Å²) in [4.78, 5) is 20.7. The van der Waals surface area contributed by atoms with Crippen molar-refractivity contribution < 1.29 is 14.4 Å². The Labute approximate surface area is 134 Å². The Morgan fingerprint density at radius 1 is 1.48 bits per heavy atom. The van der Waals surface area contributed by atoms with E-state index in [4.69, 9.17) is 4.52 Å². The van der Waals surface area contributed by atoms with Crippen LogP contribution in [0.15, 0.2) is 28.8 Å². The van der Waals surface area contributed by atoms with E-state index in [-0.39, 0.29) is 18.6 Å². The number of hydrogen-bond acceptors (Lipinski definition) is 6. The van der Waals surface area contributed by atoms with Crippen LogP contribution in [0.3, 0.4) is 0 Å². The lowest BCUT2D eigenvalue weighted by atomic mass is 10.1. The van der Waals surface area contributed by atoms with Crippen molar-refractivity contribution in [1.29, 1.82) is 0 Å². The highest BCUT2D eigenvalue weighted by Gasteiger charge is 2.34. The molecule has 0 aliphatic carbocycles. The summed E-state index contributed by atoms with van der Waals surface area (Å²) in [5.41, 5.74) is 1.29. The van der Waals surface area contributed by atoms with E-state index in [9.17, 15) is 9.90 Å². The van der Waals surface area contributed by atoms with Gasteiger partial charge in [0.15, 0.2) is 0 Å². The molecule has 1 aliphatic heterocycles. The van der Waals surface area contributed by atoms with Crippen molar-refractivity contribution in [3.8, 4) is 0 Å². The lowest BCUT2D eigenvalue weighted by Gasteiger charge is -2.22. The first-order valence-corrected chi connectivity index (χ1v) is 7.62. The minimum Gasteiger partial charge on any atom is -0.392 e. The Hall–Kier alpha value is -2.41. The molecule has 7 nitrogen and oxygen atoms in total. The summed E-state index contributed by atoms with van der Waals surface area (Å²) in [6.07, 6.45) is 1.70. The largest absolute Gasteiger partial charge is 0.392 e. The first-order valence-electron chi connectivity index (χ1n) is 7.62. The fourth-order valence-electron chi connectivity index (χ4n) is 2.78. The molecule has 2 aromatic rings. The van der Waals surface area contributed by atoms with Crippen molar-refractivity contribution in [3.05, 3.63) is 41.3 Å². The molecule has 1 aromatic carbocycles. The van der Waals surface area contributed by atoms with Gasteiger partial charge in [0.25, 0.3) is 17.7 Å². The molecule has 3 rings (SSSR count). The third-order valence-corrected chi connectivity index (χ3v) is 3.99. The average Bonchev–Trinajstić information content (AvgIpc) is 3.22. The van der Waals surface area contributed by atoms with E-state index in [1.807, 2.05) is 14.1 Å². The van der Waals surface area contributed by atoms with E-state index in [0.717, 1.165) is 18.4 Å². The van der Waals surface area contributed by atoms with Crippen LogP contribution in [-0.2, 0) is 6.61 Å². The Balaban J connectivity index is 1.84. The van der Waals surface area contributed by atoms with Gasteiger partial charge >= 0.3 is 0 Å². The standard InChI is InChI=1S/C16H20N4O3/c1-19(2)16-17-14(23-18-16)13-7-4-8-20(13)15(22)12-6-3-5-11(9-12)10-21/h3,5-6,9,13,21H,4,7-8,10H2,1-2H3. The molecule has 0 saturated carbocycles. The van der Waals surface area contributed by atoms with E-state index >= 15 is 0 Å². The summed E-state index contributed by atoms with van der Waals surface area (Å²) >= 11 is 0. The number of aliphatic hydroxyl groups excluding tert-OH is 1. The number of amides is 1. The normalized spacial score (nSPS) is 17.5. The molecule has 0 bridgehead atoms. The molecular weight excluding hydrogens is 296 g/mol. The van der Waals surface area contributed by atoms with Gasteiger partial charge in [-0.2, -0.15) is 4.98 Å². The fraction of sp³-hybridized carbons (Fsp3) is 0.438. The van der Waals surface area contributed by atoms with Crippen LogP contribution >= 0.6 is 0 Å². The number of aliphatic hydroxyl groups is 1. The zero-order chi connectivity index (χ0) is 16.4. The summed E-state index contributed by atoms with van der Waals surface area (Å²) in [7, 11) is 3.68. The lowest BCUT2D eigenvalue weighted by Crippen LogP contribution is -2.30. The molecule has 2 heterocycles. The maximum atomic E-state index is 12.8. The van der Waals surface area contributed by atoms with Crippen molar-refractivity contribution in [2.24, 2.45) is 0 Å². The Kier molecular flexibility index (Phi) is 4.29. The van der Waals surface area contributed by atoms with Crippen LogP contribution < -0.4 is 4.90 Å². The molecular formula is C16H20N4O3. The zero-order valence-electron chi connectivity index (χ0n) is 13.3. The van der Waals surface area contributed by atoms with Gasteiger partial charge in [-0.05, 0) is 35.7 Å². The molecule has 122 valence electrons. The smallest absolute Gasteiger partial charge is 0.265 e. The first kappa shape index (κ1) is 15.5. The third kappa shape index (κ3) is 3.05. The van der Waals surface area contributed by atoms with E-state index in [0.29, 0.717) is 23.9 Å². The van der Waals surface area contributed by atoms with Gasteiger partial charge in [0.05, 0.1) is 6.61 Å². The van der Waals surface area contributed by atoms with Gasteiger partial charge in [-0.1, -0.05) is 12.1 Å². The molecule has 23 heavy (non-hydrogen) atoms. The van der Waals surface area contributed by atoms with Gasteiger partial charge in [0, 0.05) is 26.2 Å². The monoisotopic (exact) mass is 316 g/mol. The number of carbonyl (C=O) groups is 1. The molecule has 1 N–H and O–H groups in total. The second kappa shape index (κ2) is 6.37. The van der Waals surface area contributed by atoms with Gasteiger partial charge in [-0.15, -0.1) is 0 Å². The van der Waals surface area contributed by atoms with Crippen LogP contribution in [0.1, 0.15) is 40.7 Å². The fourth-order valence-corrected chi connectivity index (χ4v) is 2.78. The molecule has 0 spiro atoms. The second-order valence-corrected chi connectivity index (χ2v) is 5.84. The maximum Gasteiger partial charge on any atom is 0.265 e. The minimum atomic E-state index is -0.193. The van der Waals surface area contributed by atoms with Gasteiger partial charge < -0.3 is 19.4 Å². The molecule has 1 unspecified atom stereocenters. The van der Waals surface area contributed by atoms with Gasteiger partial charge in [0.1, 0.15) is 6.04 Å². The van der Waals surface area contributed by atoms with Gasteiger partial charge in [-0.3, -0.25) is 4.79 Å². The highest BCUT2D eigenvalue weighted by molar-refractivity contribution is 5.94. The van der Waals surface area contributed by atoms with Crippen LogP contribution in [0.25, 0.3) is 0 Å². The molecule has 1 aromatic heterocycles. The van der Waals surface area contributed by atoms with Crippen LogP contribution in [0, 0.1) is 0 Å². The average molecular weight is 316 g/mol. The molecule has 7 heteroatoms. The van der Waals surface area contributed by atoms with Crippen LogP contribution in [0.5, 0.6) is 0 Å². The topological polar surface area (TPSA) is 82.7 Å². The number of hydrogen-bond donors (Lipinski definition) is 1. The van der Waals surface area contributed by atoms with E-state index in [1.54, 1.807) is 34.1 Å². The van der Waals surface area contributed by atoms with Crippen molar-refractivity contribution in [2.75, 3.05) is 25.5 Å². The number of rotatable bonds is 4. The molecule has 1 aliphatic rings. The van der Waals surface area contributed by atoms with Gasteiger partial charge in [-0.25, -0.2) is 0 Å². The molecule has 1 amide bonds. The lowest BCUT2D eigenvalue weighted by molar-refractivity contribution is 0.0710. The Morgan fingerprint density at radius 3 is 3.00 bits per heavy atom. The Morgan fingerprint density at radius 2 is 2.30 bits per heavy atom. The summed E-state index contributed by atoms with van der Waals surface area (Å²) in [6, 6.07) is 6.86. The summed E-state index contributed by atoms with van der Waals surface area (Å²) in [5.74, 6) is 0.895. The number of benzene rings is 1. The SMILES string of the molecule is CN(C)c1noc(C2CCCN2C(=O)c2cccc(CO)c2)n1. The number of nitrogens with zero attached hydrogens (tertiary/aromatic N) is 4. The zero-order valence-corrected chi connectivity index (χ0v) is 13.3. The van der Waals surface area contributed by atoms with E-state index in [2.05, 4.69) is 10.1 Å². The van der Waals surface area contributed by atoms with Gasteiger partial charge in [0.2, 0.25) is 0 Å². The number of anilines is 1. The number of carbonyl (C=O) groups excluding carboxylic acids is 1. The number of likely N-dealkylation sites (tertiary alicyclic amines) is 1. The minimum absolute atomic E-state index is 0.0765. The Bertz CT molecular complexity index is 698. The molecule has 1 atom stereocenters. The summed E-state index contributed by atoms with van der Waals surface area (Å²) < 4.78 is 5.33. The second-order valence-electron chi connectivity index (χ2n) is 5.84. The first-order chi connectivity index (χ1) is 11.1. The number of aromatic nitrogens is 2. The summed E-state index contributed by atoms with van der Waals surface area (Å²) in [5, 5.41) is 13.2. The van der Waals surface area contributed by atoms with Crippen LogP contribution in [-0.4, -0.2) is 46.7 Å². The third-order valence-electron chi connectivity index (χ3n) is 3.99. The summed E-state index contributed by atoms with van der Waals surface area (Å²) in [6.45, 7) is 0.576. The van der Waals surface area contributed by atoms with Crippen LogP contribution in [0.2, 0.25) is 0 Å². The van der Waals surface area contributed by atoms with Crippen molar-refractivity contribution in [3.63, 3.8) is 0 Å². The quantitative estimate of drug-likeness (QED) is 0.922. The molecule has 1 saturated heterocycles. The van der Waals surface area contributed by atoms with Crippen molar-refractivity contribution in [2.45, 2.75) is 25.5 Å². The highest BCUT2D eigenvalue weighted by Crippen LogP contribution is 2.32.